The minimum absolute atomic E-state index is 0.746. The molecule has 2 rings (SSSR count). The molecule has 4 heteroatoms. The summed E-state index contributed by atoms with van der Waals surface area (Å²) < 4.78 is 1.87. The predicted molar refractivity (Wildman–Crippen MR) is 70.7 cm³/mol. The minimum atomic E-state index is 0.746. The highest BCUT2D eigenvalue weighted by Crippen LogP contribution is 2.14. The van der Waals surface area contributed by atoms with Crippen LogP contribution in [0.2, 0.25) is 5.02 Å². The first-order valence-corrected chi connectivity index (χ1v) is 6.65. The van der Waals surface area contributed by atoms with E-state index in [1.807, 2.05) is 35.1 Å². The number of nitrogens with zero attached hydrogens (tertiary/aromatic N) is 2. The van der Waals surface area contributed by atoms with Gasteiger partial charge in [0.15, 0.2) is 0 Å². The summed E-state index contributed by atoms with van der Waals surface area (Å²) in [5.41, 5.74) is 2.30. The molecule has 0 aliphatic rings. The van der Waals surface area contributed by atoms with E-state index in [0.717, 1.165) is 28.9 Å². The molecule has 0 aliphatic carbocycles. The van der Waals surface area contributed by atoms with Crippen molar-refractivity contribution < 1.29 is 0 Å². The Labute approximate surface area is 108 Å². The largest absolute Gasteiger partial charge is 0.241 e. The first-order chi connectivity index (χ1) is 7.79. The van der Waals surface area contributed by atoms with E-state index in [-0.39, 0.29) is 0 Å². The molecule has 2 aromatic rings. The Balaban J connectivity index is 2.15. The van der Waals surface area contributed by atoms with Crippen molar-refractivity contribution in [2.45, 2.75) is 12.8 Å². The van der Waals surface area contributed by atoms with E-state index in [9.17, 15) is 0 Å². The highest BCUT2D eigenvalue weighted by atomic mass is 79.9. The molecule has 0 N–H and O–H groups in total. The predicted octanol–water partition coefficient (Wildman–Crippen LogP) is 3.85. The van der Waals surface area contributed by atoms with Crippen molar-refractivity contribution in [1.29, 1.82) is 0 Å². The Bertz CT molecular complexity index is 450. The minimum Gasteiger partial charge on any atom is -0.241 e. The van der Waals surface area contributed by atoms with Gasteiger partial charge in [0.05, 0.1) is 11.9 Å². The molecule has 0 unspecified atom stereocenters. The smallest absolute Gasteiger partial charge is 0.0646 e. The first kappa shape index (κ1) is 11.7. The van der Waals surface area contributed by atoms with Gasteiger partial charge in [0.25, 0.3) is 0 Å². The zero-order chi connectivity index (χ0) is 11.4. The SMILES string of the molecule is Clc1ccc(-n2cc(CCCBr)cn2)cc1. The number of benzene rings is 1. The molecule has 0 aliphatic heterocycles. The van der Waals surface area contributed by atoms with Crippen LogP contribution in [0.3, 0.4) is 0 Å². The lowest BCUT2D eigenvalue weighted by Crippen LogP contribution is -1.93. The number of aryl methyl sites for hydroxylation is 1. The van der Waals surface area contributed by atoms with Crippen LogP contribution in [-0.4, -0.2) is 15.1 Å². The molecule has 0 saturated carbocycles. The Morgan fingerprint density at radius 3 is 2.69 bits per heavy atom. The van der Waals surface area contributed by atoms with Gasteiger partial charge in [-0.05, 0) is 42.7 Å². The van der Waals surface area contributed by atoms with Crippen molar-refractivity contribution in [3.05, 3.63) is 47.2 Å². The number of alkyl halides is 1. The van der Waals surface area contributed by atoms with E-state index in [4.69, 9.17) is 11.6 Å². The first-order valence-electron chi connectivity index (χ1n) is 5.15. The van der Waals surface area contributed by atoms with Crippen LogP contribution in [0.25, 0.3) is 5.69 Å². The molecule has 0 radical (unpaired) electrons. The van der Waals surface area contributed by atoms with Crippen molar-refractivity contribution in [3.63, 3.8) is 0 Å². The summed E-state index contributed by atoms with van der Waals surface area (Å²) in [6, 6.07) is 7.67. The number of aromatic nitrogens is 2. The molecule has 0 bridgehead atoms. The lowest BCUT2D eigenvalue weighted by Gasteiger charge is -2.00. The van der Waals surface area contributed by atoms with Crippen LogP contribution in [0.15, 0.2) is 36.7 Å². The summed E-state index contributed by atoms with van der Waals surface area (Å²) in [5.74, 6) is 0. The number of hydrogen-bond donors (Lipinski definition) is 0. The van der Waals surface area contributed by atoms with Gasteiger partial charge in [-0.25, -0.2) is 4.68 Å². The zero-order valence-corrected chi connectivity index (χ0v) is 11.1. The standard InChI is InChI=1S/C12H12BrClN2/c13-7-1-2-10-8-15-16(9-10)12-5-3-11(14)4-6-12/h3-6,8-9H,1-2,7H2. The molecule has 16 heavy (non-hydrogen) atoms. The second kappa shape index (κ2) is 5.51. The molecule has 0 spiro atoms. The molecular weight excluding hydrogens is 288 g/mol. The third-order valence-electron chi connectivity index (χ3n) is 2.33. The maximum absolute atomic E-state index is 5.84. The number of rotatable bonds is 4. The zero-order valence-electron chi connectivity index (χ0n) is 8.74. The average molecular weight is 300 g/mol. The Kier molecular flexibility index (Phi) is 4.02. The lowest BCUT2D eigenvalue weighted by atomic mass is 10.2. The third-order valence-corrected chi connectivity index (χ3v) is 3.14. The summed E-state index contributed by atoms with van der Waals surface area (Å²) in [6.45, 7) is 0. The molecule has 2 nitrogen and oxygen atoms in total. The molecule has 0 fully saturated rings. The van der Waals surface area contributed by atoms with Crippen LogP contribution in [-0.2, 0) is 6.42 Å². The molecule has 0 saturated heterocycles. The fourth-order valence-corrected chi connectivity index (χ4v) is 1.90. The van der Waals surface area contributed by atoms with Crippen LogP contribution in [0.5, 0.6) is 0 Å². The van der Waals surface area contributed by atoms with Gasteiger partial charge in [0.1, 0.15) is 0 Å². The average Bonchev–Trinajstić information content (AvgIpc) is 2.76. The summed E-state index contributed by atoms with van der Waals surface area (Å²) in [4.78, 5) is 0. The van der Waals surface area contributed by atoms with E-state index >= 15 is 0 Å². The second-order valence-corrected chi connectivity index (χ2v) is 4.79. The lowest BCUT2D eigenvalue weighted by molar-refractivity contribution is 0.878. The highest BCUT2D eigenvalue weighted by Gasteiger charge is 2.00. The Morgan fingerprint density at radius 2 is 2.00 bits per heavy atom. The monoisotopic (exact) mass is 298 g/mol. The van der Waals surface area contributed by atoms with Gasteiger partial charge in [-0.1, -0.05) is 27.5 Å². The van der Waals surface area contributed by atoms with Crippen molar-refractivity contribution in [2.75, 3.05) is 5.33 Å². The number of halogens is 2. The fraction of sp³-hybridized carbons (Fsp3) is 0.250. The quantitative estimate of drug-likeness (QED) is 0.784. The normalized spacial score (nSPS) is 10.6. The maximum Gasteiger partial charge on any atom is 0.0646 e. The summed E-state index contributed by atoms with van der Waals surface area (Å²) >= 11 is 9.26. The van der Waals surface area contributed by atoms with Crippen LogP contribution in [0.4, 0.5) is 0 Å². The molecular formula is C12H12BrClN2. The summed E-state index contributed by atoms with van der Waals surface area (Å²) in [7, 11) is 0. The van der Waals surface area contributed by atoms with Gasteiger partial charge in [-0.3, -0.25) is 0 Å². The fourth-order valence-electron chi connectivity index (χ4n) is 1.50. The van der Waals surface area contributed by atoms with Gasteiger partial charge >= 0.3 is 0 Å². The van der Waals surface area contributed by atoms with Crippen molar-refractivity contribution in [1.82, 2.24) is 9.78 Å². The van der Waals surface area contributed by atoms with Crippen LogP contribution in [0.1, 0.15) is 12.0 Å². The van der Waals surface area contributed by atoms with E-state index in [2.05, 4.69) is 27.2 Å². The third kappa shape index (κ3) is 2.86. The molecule has 84 valence electrons. The summed E-state index contributed by atoms with van der Waals surface area (Å²) in [6.07, 6.45) is 6.16. The topological polar surface area (TPSA) is 17.8 Å². The number of hydrogen-bond acceptors (Lipinski definition) is 1. The molecule has 1 aromatic carbocycles. The van der Waals surface area contributed by atoms with E-state index < -0.39 is 0 Å². The van der Waals surface area contributed by atoms with Crippen LogP contribution < -0.4 is 0 Å². The molecule has 1 aromatic heterocycles. The summed E-state index contributed by atoms with van der Waals surface area (Å²) in [5, 5.41) is 6.10. The Morgan fingerprint density at radius 1 is 1.25 bits per heavy atom. The van der Waals surface area contributed by atoms with E-state index in [0.29, 0.717) is 0 Å². The van der Waals surface area contributed by atoms with E-state index in [1.54, 1.807) is 0 Å². The van der Waals surface area contributed by atoms with Crippen molar-refractivity contribution in [2.24, 2.45) is 0 Å². The molecule has 0 atom stereocenters. The Hall–Kier alpha value is -0.800. The second-order valence-electron chi connectivity index (χ2n) is 3.56. The van der Waals surface area contributed by atoms with Gasteiger partial charge in [0, 0.05) is 16.5 Å². The maximum atomic E-state index is 5.84. The van der Waals surface area contributed by atoms with E-state index in [1.165, 1.54) is 5.56 Å². The van der Waals surface area contributed by atoms with Gasteiger partial charge in [-0.2, -0.15) is 5.10 Å². The van der Waals surface area contributed by atoms with Gasteiger partial charge in [-0.15, -0.1) is 0 Å². The highest BCUT2D eigenvalue weighted by molar-refractivity contribution is 9.09. The van der Waals surface area contributed by atoms with Crippen LogP contribution in [0, 0.1) is 0 Å². The molecule has 1 heterocycles. The van der Waals surface area contributed by atoms with Gasteiger partial charge in [0.2, 0.25) is 0 Å². The van der Waals surface area contributed by atoms with Crippen molar-refractivity contribution >= 4 is 27.5 Å². The molecule has 0 amide bonds. The van der Waals surface area contributed by atoms with Crippen LogP contribution >= 0.6 is 27.5 Å². The van der Waals surface area contributed by atoms with Crippen molar-refractivity contribution in [3.8, 4) is 5.69 Å². The van der Waals surface area contributed by atoms with Gasteiger partial charge < -0.3 is 0 Å².